The minimum atomic E-state index is -4.64. The standard InChI is InChI=1S/C30H40NO7P/c1-6-11-23-17-26(32)28(25-16-21(5)14-15-24(25)20(3)4)27(18-23)37-30(33)29(31-7-2)38-39(34,35)36-19-22-12-9-8-10-13-22/h8-10,12-13,16-18,24-25,29,31-32H,3,6-7,11,14-15,19H2,1-2,4-5H3,(H,34,35)/t24-,25+,29?/m0/s1. The lowest BCUT2D eigenvalue weighted by molar-refractivity contribution is -0.145. The predicted molar refractivity (Wildman–Crippen MR) is 151 cm³/mol. The van der Waals surface area contributed by atoms with Crippen LogP contribution in [0.3, 0.4) is 0 Å². The van der Waals surface area contributed by atoms with E-state index in [0.29, 0.717) is 17.5 Å². The van der Waals surface area contributed by atoms with Crippen molar-refractivity contribution < 1.29 is 33.1 Å². The van der Waals surface area contributed by atoms with Gasteiger partial charge in [-0.2, -0.15) is 0 Å². The van der Waals surface area contributed by atoms with Crippen LogP contribution in [0.5, 0.6) is 11.5 Å². The van der Waals surface area contributed by atoms with Crippen LogP contribution in [0.2, 0.25) is 0 Å². The average molecular weight is 558 g/mol. The van der Waals surface area contributed by atoms with Crippen molar-refractivity contribution in [1.82, 2.24) is 5.32 Å². The van der Waals surface area contributed by atoms with E-state index in [1.54, 1.807) is 43.3 Å². The van der Waals surface area contributed by atoms with Gasteiger partial charge < -0.3 is 14.7 Å². The monoisotopic (exact) mass is 557 g/mol. The van der Waals surface area contributed by atoms with E-state index in [1.807, 2.05) is 26.8 Å². The number of esters is 1. The highest BCUT2D eigenvalue weighted by Crippen LogP contribution is 2.48. The molecular weight excluding hydrogens is 517 g/mol. The van der Waals surface area contributed by atoms with Gasteiger partial charge in [0.2, 0.25) is 6.23 Å². The predicted octanol–water partition coefficient (Wildman–Crippen LogP) is 6.54. The Balaban J connectivity index is 1.90. The summed E-state index contributed by atoms with van der Waals surface area (Å²) in [5.41, 5.74) is 4.12. The molecule has 3 rings (SSSR count). The molecule has 0 saturated heterocycles. The molecule has 1 aliphatic rings. The van der Waals surface area contributed by atoms with Crippen LogP contribution >= 0.6 is 7.82 Å². The molecule has 1 aliphatic carbocycles. The van der Waals surface area contributed by atoms with Gasteiger partial charge >= 0.3 is 13.8 Å². The quantitative estimate of drug-likeness (QED) is 0.0837. The van der Waals surface area contributed by atoms with Crippen LogP contribution in [0.1, 0.15) is 69.6 Å². The Morgan fingerprint density at radius 1 is 1.21 bits per heavy atom. The summed E-state index contributed by atoms with van der Waals surface area (Å²) in [6.07, 6.45) is 3.80. The van der Waals surface area contributed by atoms with Crippen molar-refractivity contribution in [2.75, 3.05) is 6.54 Å². The summed E-state index contributed by atoms with van der Waals surface area (Å²) in [7, 11) is -4.64. The van der Waals surface area contributed by atoms with Crippen molar-refractivity contribution >= 4 is 13.8 Å². The van der Waals surface area contributed by atoms with E-state index in [0.717, 1.165) is 30.4 Å². The molecule has 3 N–H and O–H groups in total. The van der Waals surface area contributed by atoms with Crippen molar-refractivity contribution in [2.24, 2.45) is 5.92 Å². The maximum Gasteiger partial charge on any atom is 0.474 e. The number of hydrogen-bond donors (Lipinski definition) is 3. The molecule has 0 aliphatic heterocycles. The second-order valence-electron chi connectivity index (χ2n) is 10.00. The Labute approximate surface area is 231 Å². The summed E-state index contributed by atoms with van der Waals surface area (Å²) in [6, 6.07) is 12.3. The third-order valence-electron chi connectivity index (χ3n) is 6.72. The number of allylic oxidation sites excluding steroid dienone is 3. The van der Waals surface area contributed by atoms with E-state index >= 15 is 0 Å². The molecule has 0 spiro atoms. The first-order chi connectivity index (χ1) is 18.5. The fourth-order valence-electron chi connectivity index (χ4n) is 4.83. The Kier molecular flexibility index (Phi) is 11.1. The number of aryl methyl sites for hydroxylation is 1. The minimum Gasteiger partial charge on any atom is -0.507 e. The topological polar surface area (TPSA) is 114 Å². The molecule has 212 valence electrons. The first-order valence-corrected chi connectivity index (χ1v) is 14.9. The molecule has 39 heavy (non-hydrogen) atoms. The average Bonchev–Trinajstić information content (AvgIpc) is 2.87. The number of likely N-dealkylation sites (N-methyl/N-ethyl adjacent to an activating group) is 1. The number of phenolic OH excluding ortho intramolecular Hbond substituents is 1. The molecule has 4 atom stereocenters. The van der Waals surface area contributed by atoms with Crippen LogP contribution in [0.4, 0.5) is 0 Å². The van der Waals surface area contributed by atoms with Gasteiger partial charge in [-0.25, -0.2) is 9.36 Å². The molecule has 0 fully saturated rings. The number of carbonyl (C=O) groups excluding carboxylic acids is 1. The van der Waals surface area contributed by atoms with E-state index in [1.165, 1.54) is 5.57 Å². The first-order valence-electron chi connectivity index (χ1n) is 13.4. The Morgan fingerprint density at radius 2 is 1.92 bits per heavy atom. The number of phosphoric acid groups is 1. The van der Waals surface area contributed by atoms with Crippen molar-refractivity contribution in [3.63, 3.8) is 0 Å². The zero-order valence-corrected chi connectivity index (χ0v) is 24.1. The number of aromatic hydroxyl groups is 1. The highest BCUT2D eigenvalue weighted by atomic mass is 31.2. The Morgan fingerprint density at radius 3 is 2.56 bits per heavy atom. The maximum atomic E-state index is 13.3. The van der Waals surface area contributed by atoms with Gasteiger partial charge in [0.25, 0.3) is 0 Å². The maximum absolute atomic E-state index is 13.3. The van der Waals surface area contributed by atoms with E-state index in [2.05, 4.69) is 18.0 Å². The van der Waals surface area contributed by atoms with Crippen molar-refractivity contribution in [2.45, 2.75) is 72.1 Å². The summed E-state index contributed by atoms with van der Waals surface area (Å²) in [6.45, 7) is 12.0. The molecule has 0 aromatic heterocycles. The third-order valence-corrected chi connectivity index (χ3v) is 7.65. The Bertz CT molecular complexity index is 1230. The van der Waals surface area contributed by atoms with Gasteiger partial charge in [0, 0.05) is 11.5 Å². The molecule has 2 unspecified atom stereocenters. The Hall–Kier alpha value is -2.74. The van der Waals surface area contributed by atoms with Crippen LogP contribution in [0.25, 0.3) is 0 Å². The van der Waals surface area contributed by atoms with E-state index in [4.69, 9.17) is 13.8 Å². The fourth-order valence-corrected chi connectivity index (χ4v) is 5.63. The van der Waals surface area contributed by atoms with Gasteiger partial charge in [0.1, 0.15) is 11.5 Å². The largest absolute Gasteiger partial charge is 0.507 e. The highest BCUT2D eigenvalue weighted by molar-refractivity contribution is 7.47. The molecule has 9 heteroatoms. The van der Waals surface area contributed by atoms with Gasteiger partial charge in [0.05, 0.1) is 6.61 Å². The number of benzene rings is 2. The van der Waals surface area contributed by atoms with Gasteiger partial charge in [-0.1, -0.05) is 74.4 Å². The number of rotatable bonds is 13. The van der Waals surface area contributed by atoms with Crippen LogP contribution in [-0.4, -0.2) is 28.7 Å². The number of phenols is 1. The van der Waals surface area contributed by atoms with Gasteiger partial charge in [-0.05, 0) is 68.8 Å². The number of carbonyl (C=O) groups is 1. The molecule has 0 amide bonds. The molecule has 0 bridgehead atoms. The van der Waals surface area contributed by atoms with Crippen LogP contribution in [-0.2, 0) is 31.4 Å². The number of phosphoric ester groups is 1. The summed E-state index contributed by atoms with van der Waals surface area (Å²) >= 11 is 0. The zero-order valence-electron chi connectivity index (χ0n) is 23.2. The molecule has 8 nitrogen and oxygen atoms in total. The number of hydrogen-bond acceptors (Lipinski definition) is 7. The second kappa shape index (κ2) is 14.1. The smallest absolute Gasteiger partial charge is 0.474 e. The summed E-state index contributed by atoms with van der Waals surface area (Å²) in [5, 5.41) is 13.9. The minimum absolute atomic E-state index is 0.0332. The lowest BCUT2D eigenvalue weighted by Crippen LogP contribution is -2.41. The van der Waals surface area contributed by atoms with Crippen molar-refractivity contribution in [3.8, 4) is 11.5 Å². The number of ether oxygens (including phenoxy) is 1. The molecule has 0 radical (unpaired) electrons. The van der Waals surface area contributed by atoms with Crippen molar-refractivity contribution in [1.29, 1.82) is 0 Å². The summed E-state index contributed by atoms with van der Waals surface area (Å²) in [5.74, 6) is -0.890. The molecule has 0 heterocycles. The third kappa shape index (κ3) is 8.62. The van der Waals surface area contributed by atoms with E-state index < -0.39 is 20.0 Å². The van der Waals surface area contributed by atoms with E-state index in [9.17, 15) is 19.4 Å². The first kappa shape index (κ1) is 30.8. The lowest BCUT2D eigenvalue weighted by Gasteiger charge is -2.32. The van der Waals surface area contributed by atoms with Gasteiger partial charge in [0.15, 0.2) is 0 Å². The van der Waals surface area contributed by atoms with Gasteiger partial charge in [-0.15, -0.1) is 0 Å². The SMILES string of the molecule is C=C(C)[C@@H]1CCC(C)=C[C@H]1c1c(O)cc(CCC)cc1OC(=O)C(NCC)OP(=O)(O)OCc1ccccc1. The summed E-state index contributed by atoms with van der Waals surface area (Å²) in [4.78, 5) is 23.7. The molecule has 0 saturated carbocycles. The molecule has 2 aromatic carbocycles. The van der Waals surface area contributed by atoms with Crippen LogP contribution < -0.4 is 10.1 Å². The van der Waals surface area contributed by atoms with Crippen LogP contribution in [0, 0.1) is 5.92 Å². The normalized spacial score (nSPS) is 19.6. The van der Waals surface area contributed by atoms with Gasteiger partial charge in [-0.3, -0.25) is 14.4 Å². The molecular formula is C30H40NO7P. The number of nitrogens with one attached hydrogen (secondary N) is 1. The lowest BCUT2D eigenvalue weighted by atomic mass is 9.73. The zero-order chi connectivity index (χ0) is 28.6. The second-order valence-corrected chi connectivity index (χ2v) is 11.4. The van der Waals surface area contributed by atoms with Crippen LogP contribution in [0.15, 0.2) is 66.3 Å². The van der Waals surface area contributed by atoms with E-state index in [-0.39, 0.29) is 36.5 Å². The van der Waals surface area contributed by atoms with Crippen molar-refractivity contribution in [3.05, 3.63) is 83.0 Å². The molecule has 2 aromatic rings. The highest BCUT2D eigenvalue weighted by Gasteiger charge is 2.35. The summed E-state index contributed by atoms with van der Waals surface area (Å²) < 4.78 is 28.9. The fraction of sp³-hybridized carbons (Fsp3) is 0.433.